The van der Waals surface area contributed by atoms with Gasteiger partial charge in [-0.15, -0.1) is 0 Å². The summed E-state index contributed by atoms with van der Waals surface area (Å²) in [7, 11) is 0. The summed E-state index contributed by atoms with van der Waals surface area (Å²) in [5.41, 5.74) is 0.797. The Morgan fingerprint density at radius 1 is 1.61 bits per heavy atom. The molecule has 0 saturated carbocycles. The first kappa shape index (κ1) is 12.5. The summed E-state index contributed by atoms with van der Waals surface area (Å²) >= 11 is 0. The number of hydrogen-bond acceptors (Lipinski definition) is 4. The van der Waals surface area contributed by atoms with Crippen molar-refractivity contribution in [1.82, 2.24) is 9.88 Å². The maximum absolute atomic E-state index is 12.2. The molecule has 1 aliphatic rings. The Labute approximate surface area is 106 Å². The van der Waals surface area contributed by atoms with E-state index >= 15 is 0 Å². The van der Waals surface area contributed by atoms with Crippen LogP contribution >= 0.6 is 0 Å². The van der Waals surface area contributed by atoms with Crippen molar-refractivity contribution in [2.75, 3.05) is 19.7 Å². The third-order valence-corrected chi connectivity index (χ3v) is 3.18. The first-order valence-corrected chi connectivity index (χ1v) is 6.01. The number of amides is 1. The highest BCUT2D eigenvalue weighted by Crippen LogP contribution is 2.17. The Hall–Kier alpha value is -1.93. The Balaban J connectivity index is 2.08. The van der Waals surface area contributed by atoms with Gasteiger partial charge in [-0.2, -0.15) is 5.26 Å². The van der Waals surface area contributed by atoms with Gasteiger partial charge in [-0.25, -0.2) is 4.98 Å². The van der Waals surface area contributed by atoms with Gasteiger partial charge >= 0.3 is 0 Å². The molecule has 5 nitrogen and oxygen atoms in total. The summed E-state index contributed by atoms with van der Waals surface area (Å²) < 4.78 is 0. The molecule has 0 spiro atoms. The number of piperidine rings is 1. The van der Waals surface area contributed by atoms with Gasteiger partial charge in [0.2, 0.25) is 0 Å². The van der Waals surface area contributed by atoms with Gasteiger partial charge in [-0.3, -0.25) is 4.79 Å². The Morgan fingerprint density at radius 2 is 2.44 bits per heavy atom. The quantitative estimate of drug-likeness (QED) is 0.836. The van der Waals surface area contributed by atoms with Crippen molar-refractivity contribution in [3.63, 3.8) is 0 Å². The van der Waals surface area contributed by atoms with Crippen molar-refractivity contribution in [2.45, 2.75) is 12.8 Å². The number of nitriles is 1. The zero-order valence-electron chi connectivity index (χ0n) is 10.0. The average molecular weight is 245 g/mol. The average Bonchev–Trinajstić information content (AvgIpc) is 2.46. The van der Waals surface area contributed by atoms with E-state index in [0.29, 0.717) is 24.3 Å². The van der Waals surface area contributed by atoms with E-state index < -0.39 is 0 Å². The predicted molar refractivity (Wildman–Crippen MR) is 64.7 cm³/mol. The number of nitrogens with zero attached hydrogens (tertiary/aromatic N) is 3. The van der Waals surface area contributed by atoms with Crippen LogP contribution in [0.4, 0.5) is 0 Å². The van der Waals surface area contributed by atoms with E-state index in [-0.39, 0.29) is 18.4 Å². The topological polar surface area (TPSA) is 77.2 Å². The molecule has 1 aromatic heterocycles. The standard InChI is InChI=1S/C13H15N3O2/c14-6-10-3-4-12(15-7-10)13(18)16-5-1-2-11(8-16)9-17/h3-4,7,11,17H,1-2,5,8-9H2. The summed E-state index contributed by atoms with van der Waals surface area (Å²) in [6, 6.07) is 5.13. The van der Waals surface area contributed by atoms with Crippen molar-refractivity contribution in [3.05, 3.63) is 29.6 Å². The second-order valence-corrected chi connectivity index (χ2v) is 4.49. The highest BCUT2D eigenvalue weighted by atomic mass is 16.3. The molecule has 94 valence electrons. The number of aromatic nitrogens is 1. The lowest BCUT2D eigenvalue weighted by Crippen LogP contribution is -2.41. The molecule has 0 bridgehead atoms. The Bertz CT molecular complexity index is 464. The number of likely N-dealkylation sites (tertiary alicyclic amines) is 1. The van der Waals surface area contributed by atoms with Crippen LogP contribution in [0.25, 0.3) is 0 Å². The van der Waals surface area contributed by atoms with E-state index in [2.05, 4.69) is 4.98 Å². The minimum atomic E-state index is -0.127. The molecule has 0 radical (unpaired) electrons. The lowest BCUT2D eigenvalue weighted by atomic mass is 9.99. The summed E-state index contributed by atoms with van der Waals surface area (Å²) in [6.45, 7) is 1.40. The van der Waals surface area contributed by atoms with E-state index in [1.165, 1.54) is 6.20 Å². The molecule has 2 heterocycles. The largest absolute Gasteiger partial charge is 0.396 e. The molecular weight excluding hydrogens is 230 g/mol. The van der Waals surface area contributed by atoms with Crippen LogP contribution in [-0.4, -0.2) is 40.6 Å². The summed E-state index contributed by atoms with van der Waals surface area (Å²) in [4.78, 5) is 17.9. The van der Waals surface area contributed by atoms with Crippen molar-refractivity contribution in [1.29, 1.82) is 5.26 Å². The molecule has 0 aliphatic carbocycles. The van der Waals surface area contributed by atoms with Crippen LogP contribution in [0, 0.1) is 17.2 Å². The molecule has 1 aliphatic heterocycles. The van der Waals surface area contributed by atoms with E-state index in [4.69, 9.17) is 10.4 Å². The van der Waals surface area contributed by atoms with Gasteiger partial charge in [0.1, 0.15) is 11.8 Å². The zero-order chi connectivity index (χ0) is 13.0. The van der Waals surface area contributed by atoms with Crippen LogP contribution in [-0.2, 0) is 0 Å². The number of aliphatic hydroxyl groups is 1. The van der Waals surface area contributed by atoms with Crippen LogP contribution in [0.2, 0.25) is 0 Å². The first-order valence-electron chi connectivity index (χ1n) is 6.01. The second kappa shape index (κ2) is 5.61. The van der Waals surface area contributed by atoms with Crippen LogP contribution in [0.5, 0.6) is 0 Å². The number of pyridine rings is 1. The van der Waals surface area contributed by atoms with Crippen LogP contribution in [0.1, 0.15) is 28.9 Å². The molecule has 1 saturated heterocycles. The fourth-order valence-corrected chi connectivity index (χ4v) is 2.15. The van der Waals surface area contributed by atoms with E-state index in [9.17, 15) is 4.79 Å². The van der Waals surface area contributed by atoms with E-state index in [1.54, 1.807) is 17.0 Å². The molecule has 1 amide bonds. The van der Waals surface area contributed by atoms with E-state index in [1.807, 2.05) is 6.07 Å². The van der Waals surface area contributed by atoms with Crippen molar-refractivity contribution in [3.8, 4) is 6.07 Å². The maximum Gasteiger partial charge on any atom is 0.272 e. The highest BCUT2D eigenvalue weighted by Gasteiger charge is 2.24. The van der Waals surface area contributed by atoms with Gasteiger partial charge in [0.25, 0.3) is 5.91 Å². The van der Waals surface area contributed by atoms with Crippen molar-refractivity contribution >= 4 is 5.91 Å². The lowest BCUT2D eigenvalue weighted by Gasteiger charge is -2.31. The van der Waals surface area contributed by atoms with Gasteiger partial charge in [0, 0.05) is 25.9 Å². The second-order valence-electron chi connectivity index (χ2n) is 4.49. The number of aliphatic hydroxyl groups excluding tert-OH is 1. The Morgan fingerprint density at radius 3 is 3.06 bits per heavy atom. The van der Waals surface area contributed by atoms with Crippen LogP contribution in [0.3, 0.4) is 0 Å². The third kappa shape index (κ3) is 2.66. The molecule has 18 heavy (non-hydrogen) atoms. The minimum absolute atomic E-state index is 0.116. The van der Waals surface area contributed by atoms with Gasteiger partial charge in [0.05, 0.1) is 5.56 Å². The fraction of sp³-hybridized carbons (Fsp3) is 0.462. The Kier molecular flexibility index (Phi) is 3.90. The SMILES string of the molecule is N#Cc1ccc(C(=O)N2CCCC(CO)C2)nc1. The van der Waals surface area contributed by atoms with E-state index in [0.717, 1.165) is 12.8 Å². The number of rotatable bonds is 2. The number of carbonyl (C=O) groups excluding carboxylic acids is 1. The summed E-state index contributed by atoms with van der Waals surface area (Å²) in [5, 5.41) is 17.8. The number of hydrogen-bond donors (Lipinski definition) is 1. The van der Waals surface area contributed by atoms with Gasteiger partial charge in [-0.05, 0) is 30.9 Å². The highest BCUT2D eigenvalue weighted by molar-refractivity contribution is 5.92. The van der Waals surface area contributed by atoms with Crippen molar-refractivity contribution < 1.29 is 9.90 Å². The van der Waals surface area contributed by atoms with Crippen LogP contribution < -0.4 is 0 Å². The predicted octanol–water partition coefficient (Wildman–Crippen LogP) is 0.798. The first-order chi connectivity index (χ1) is 8.74. The van der Waals surface area contributed by atoms with Gasteiger partial charge < -0.3 is 10.0 Å². The third-order valence-electron chi connectivity index (χ3n) is 3.18. The summed E-state index contributed by atoms with van der Waals surface area (Å²) in [6.07, 6.45) is 3.27. The molecule has 1 N–H and O–H groups in total. The molecule has 2 rings (SSSR count). The zero-order valence-corrected chi connectivity index (χ0v) is 10.0. The van der Waals surface area contributed by atoms with Gasteiger partial charge in [0.15, 0.2) is 0 Å². The fourth-order valence-electron chi connectivity index (χ4n) is 2.15. The molecular formula is C13H15N3O2. The molecule has 0 aromatic carbocycles. The molecule has 1 fully saturated rings. The smallest absolute Gasteiger partial charge is 0.272 e. The van der Waals surface area contributed by atoms with Crippen LogP contribution in [0.15, 0.2) is 18.3 Å². The maximum atomic E-state index is 12.2. The summed E-state index contributed by atoms with van der Waals surface area (Å²) in [5.74, 6) is 0.0405. The minimum Gasteiger partial charge on any atom is -0.396 e. The number of carbonyl (C=O) groups is 1. The monoisotopic (exact) mass is 245 g/mol. The molecule has 1 unspecified atom stereocenters. The molecule has 5 heteroatoms. The van der Waals surface area contributed by atoms with Gasteiger partial charge in [-0.1, -0.05) is 0 Å². The lowest BCUT2D eigenvalue weighted by molar-refractivity contribution is 0.0615. The molecule has 1 aromatic rings. The normalized spacial score (nSPS) is 19.3. The molecule has 1 atom stereocenters. The van der Waals surface area contributed by atoms with Crippen molar-refractivity contribution in [2.24, 2.45) is 5.92 Å².